The van der Waals surface area contributed by atoms with Crippen LogP contribution < -0.4 is 16.2 Å². The number of nitrogens with two attached hydrogens (primary N) is 1. The highest BCUT2D eigenvalue weighted by atomic mass is 16.3. The Bertz CT molecular complexity index is 1050. The maximum Gasteiger partial charge on any atom is 0.292 e. The third kappa shape index (κ3) is 6.48. The molecule has 3 rings (SSSR count). The van der Waals surface area contributed by atoms with Crippen molar-refractivity contribution in [3.63, 3.8) is 0 Å². The van der Waals surface area contributed by atoms with Crippen molar-refractivity contribution in [3.8, 4) is 11.3 Å². The lowest BCUT2D eigenvalue weighted by molar-refractivity contribution is -0.491. The van der Waals surface area contributed by atoms with Crippen LogP contribution in [0.15, 0.2) is 48.0 Å². The summed E-state index contributed by atoms with van der Waals surface area (Å²) in [5, 5.41) is 16.5. The summed E-state index contributed by atoms with van der Waals surface area (Å²) in [6.07, 6.45) is 6.07. The third-order valence-corrected chi connectivity index (χ3v) is 6.14. The molecule has 0 spiro atoms. The van der Waals surface area contributed by atoms with Crippen LogP contribution in [0, 0.1) is 5.92 Å². The first-order valence-corrected chi connectivity index (χ1v) is 11.8. The molecule has 35 heavy (non-hydrogen) atoms. The monoisotopic (exact) mass is 480 g/mol. The van der Waals surface area contributed by atoms with E-state index in [9.17, 15) is 14.7 Å². The number of benzene rings is 1. The molecule has 0 aliphatic carbocycles. The van der Waals surface area contributed by atoms with Crippen molar-refractivity contribution in [3.05, 3.63) is 48.4 Å². The first kappa shape index (κ1) is 26.0. The van der Waals surface area contributed by atoms with Gasteiger partial charge in [0.1, 0.15) is 18.1 Å². The number of rotatable bonds is 9. The molecule has 0 unspecified atom stereocenters. The van der Waals surface area contributed by atoms with Gasteiger partial charge in [-0.05, 0) is 31.4 Å². The zero-order valence-corrected chi connectivity index (χ0v) is 20.4. The van der Waals surface area contributed by atoms with Crippen LogP contribution in [0.1, 0.15) is 45.2 Å². The largest absolute Gasteiger partial charge is 0.394 e. The van der Waals surface area contributed by atoms with E-state index in [-0.39, 0.29) is 24.3 Å². The van der Waals surface area contributed by atoms with Gasteiger partial charge in [-0.2, -0.15) is 5.10 Å². The molecule has 2 heterocycles. The van der Waals surface area contributed by atoms with Crippen molar-refractivity contribution in [2.45, 2.75) is 51.7 Å². The fourth-order valence-electron chi connectivity index (χ4n) is 4.13. The van der Waals surface area contributed by atoms with E-state index in [0.29, 0.717) is 18.7 Å². The number of aliphatic hydroxyl groups excluding tert-OH is 1. The Kier molecular flexibility index (Phi) is 9.02. The first-order valence-electron chi connectivity index (χ1n) is 11.8. The molecule has 5 N–H and O–H groups in total. The average Bonchev–Trinajstić information content (AvgIpc) is 3.37. The molecule has 1 aromatic carbocycles. The predicted octanol–water partition coefficient (Wildman–Crippen LogP) is -0.205. The van der Waals surface area contributed by atoms with Gasteiger partial charge in [-0.3, -0.25) is 9.59 Å². The summed E-state index contributed by atoms with van der Waals surface area (Å²) < 4.78 is 0. The molecule has 186 valence electrons. The van der Waals surface area contributed by atoms with Gasteiger partial charge in [0.15, 0.2) is 6.21 Å². The summed E-state index contributed by atoms with van der Waals surface area (Å²) in [6, 6.07) is 7.60. The van der Waals surface area contributed by atoms with Gasteiger partial charge < -0.3 is 21.2 Å². The summed E-state index contributed by atoms with van der Waals surface area (Å²) in [4.78, 5) is 39.4. The molecule has 1 saturated heterocycles. The summed E-state index contributed by atoms with van der Waals surface area (Å²) in [6.45, 7) is 5.86. The van der Waals surface area contributed by atoms with Crippen molar-refractivity contribution in [2.75, 3.05) is 13.2 Å². The molecule has 1 aromatic heterocycles. The highest BCUT2D eigenvalue weighted by molar-refractivity contribution is 6.27. The standard InChI is InChI=1S/C25H33N7O3/c1-16(2)23(28-13-17(3)31-26)25(35)32-12-4-5-22(32)24(34)30-21(14-33)19-8-6-18(7-9-19)20-10-11-27-15-29-20/h6-11,13,15-16,21-23,33H,4-5,12,14,26H2,1-3H3,(H,30,34)/p+1/b28-13?,31-17-/t21-,22-,23-/m0/s1. The van der Waals surface area contributed by atoms with Gasteiger partial charge >= 0.3 is 0 Å². The fourth-order valence-corrected chi connectivity index (χ4v) is 4.13. The Balaban J connectivity index is 1.71. The minimum absolute atomic E-state index is 0.00720. The average molecular weight is 481 g/mol. The number of aromatic nitrogens is 2. The van der Waals surface area contributed by atoms with Gasteiger partial charge in [-0.1, -0.05) is 38.1 Å². The number of amides is 2. The van der Waals surface area contributed by atoms with Gasteiger partial charge in [0.2, 0.25) is 11.9 Å². The Morgan fingerprint density at radius 2 is 2.06 bits per heavy atom. The van der Waals surface area contributed by atoms with Crippen molar-refractivity contribution in [2.24, 2.45) is 16.9 Å². The van der Waals surface area contributed by atoms with E-state index in [2.05, 4.69) is 25.4 Å². The van der Waals surface area contributed by atoms with Crippen LogP contribution in [-0.4, -0.2) is 69.0 Å². The van der Waals surface area contributed by atoms with Crippen LogP contribution in [0.25, 0.3) is 11.3 Å². The molecule has 0 radical (unpaired) electrons. The molecule has 10 nitrogen and oxygen atoms in total. The van der Waals surface area contributed by atoms with Gasteiger partial charge in [0.05, 0.1) is 18.3 Å². The molecule has 10 heteroatoms. The van der Waals surface area contributed by atoms with E-state index in [4.69, 9.17) is 5.84 Å². The second kappa shape index (κ2) is 12.2. The van der Waals surface area contributed by atoms with Crippen molar-refractivity contribution < 1.29 is 19.7 Å². The number of hydrogen-bond donors (Lipinski definition) is 4. The molecule has 1 aliphatic heterocycles. The van der Waals surface area contributed by atoms with Crippen LogP contribution in [-0.2, 0) is 9.59 Å². The van der Waals surface area contributed by atoms with Crippen LogP contribution >= 0.6 is 0 Å². The van der Waals surface area contributed by atoms with Crippen molar-refractivity contribution >= 4 is 23.7 Å². The number of carbonyl (C=O) groups is 2. The Labute approximate surface area is 205 Å². The van der Waals surface area contributed by atoms with E-state index < -0.39 is 18.1 Å². The second-order valence-corrected chi connectivity index (χ2v) is 8.95. The Morgan fingerprint density at radius 1 is 1.31 bits per heavy atom. The third-order valence-electron chi connectivity index (χ3n) is 6.14. The number of hydrogen-bond acceptors (Lipinski definition) is 7. The van der Waals surface area contributed by atoms with Gasteiger partial charge in [-0.15, -0.1) is 0 Å². The Morgan fingerprint density at radius 3 is 2.66 bits per heavy atom. The first-order chi connectivity index (χ1) is 16.8. The number of aliphatic hydroxyl groups is 1. The number of nitrogens with one attached hydrogen (secondary N) is 2. The quantitative estimate of drug-likeness (QED) is 0.222. The number of nitrogens with zero attached hydrogens (tertiary/aromatic N) is 4. The minimum atomic E-state index is -0.593. The summed E-state index contributed by atoms with van der Waals surface area (Å²) in [5.41, 5.74) is 3.03. The lowest BCUT2D eigenvalue weighted by atomic mass is 10.0. The molecule has 3 atom stereocenters. The molecule has 2 aromatic rings. The zero-order chi connectivity index (χ0) is 25.4. The van der Waals surface area contributed by atoms with Gasteiger partial charge in [0, 0.05) is 24.2 Å². The van der Waals surface area contributed by atoms with Crippen molar-refractivity contribution in [1.29, 1.82) is 0 Å². The van der Waals surface area contributed by atoms with E-state index >= 15 is 0 Å². The van der Waals surface area contributed by atoms with E-state index in [1.807, 2.05) is 44.2 Å². The lowest BCUT2D eigenvalue weighted by Crippen LogP contribution is -2.83. The molecule has 1 aliphatic rings. The Hall–Kier alpha value is -3.66. The SMILES string of the molecule is C/C(C=[NH+][C@H](C(=O)N1CCC[C@H]1C(=O)N[C@@H](CO)c1ccc(-c2ccncn2)cc1)C(C)C)=N/N. The van der Waals surface area contributed by atoms with Gasteiger partial charge in [-0.25, -0.2) is 15.0 Å². The van der Waals surface area contributed by atoms with Crippen LogP contribution in [0.5, 0.6) is 0 Å². The smallest absolute Gasteiger partial charge is 0.292 e. The molecule has 0 bridgehead atoms. The van der Waals surface area contributed by atoms with E-state index in [1.54, 1.807) is 24.2 Å². The lowest BCUT2D eigenvalue weighted by Gasteiger charge is -2.27. The van der Waals surface area contributed by atoms with Crippen LogP contribution in [0.2, 0.25) is 0 Å². The molecular weight excluding hydrogens is 446 g/mol. The maximum atomic E-state index is 13.3. The zero-order valence-electron chi connectivity index (χ0n) is 20.4. The second-order valence-electron chi connectivity index (χ2n) is 8.95. The van der Waals surface area contributed by atoms with Crippen LogP contribution in [0.4, 0.5) is 0 Å². The predicted molar refractivity (Wildman–Crippen MR) is 133 cm³/mol. The number of carbonyl (C=O) groups excluding carboxylic acids is 2. The van der Waals surface area contributed by atoms with E-state index in [1.165, 1.54) is 6.33 Å². The fraction of sp³-hybridized carbons (Fsp3) is 0.440. The highest BCUT2D eigenvalue weighted by Gasteiger charge is 2.40. The summed E-state index contributed by atoms with van der Waals surface area (Å²) in [5.74, 6) is 4.85. The normalized spacial score (nSPS) is 18.1. The molecule has 0 saturated carbocycles. The van der Waals surface area contributed by atoms with Crippen molar-refractivity contribution in [1.82, 2.24) is 20.2 Å². The molecule has 1 fully saturated rings. The maximum absolute atomic E-state index is 13.3. The molecule has 2 amide bonds. The molecular formula is C25H34N7O3+. The van der Waals surface area contributed by atoms with E-state index in [0.717, 1.165) is 23.2 Å². The number of likely N-dealkylation sites (tertiary alicyclic amines) is 1. The summed E-state index contributed by atoms with van der Waals surface area (Å²) >= 11 is 0. The van der Waals surface area contributed by atoms with Gasteiger partial charge in [0.25, 0.3) is 5.91 Å². The number of hydrazone groups is 1. The highest BCUT2D eigenvalue weighted by Crippen LogP contribution is 2.23. The van der Waals surface area contributed by atoms with Crippen LogP contribution in [0.3, 0.4) is 0 Å². The minimum Gasteiger partial charge on any atom is -0.394 e. The topological polar surface area (TPSA) is 148 Å². The summed E-state index contributed by atoms with van der Waals surface area (Å²) in [7, 11) is 0.